The quantitative estimate of drug-likeness (QED) is 0.695. The number of rotatable bonds is 0. The van der Waals surface area contributed by atoms with Crippen molar-refractivity contribution in [2.45, 2.75) is 38.3 Å². The van der Waals surface area contributed by atoms with Gasteiger partial charge in [-0.1, -0.05) is 24.3 Å². The summed E-state index contributed by atoms with van der Waals surface area (Å²) in [7, 11) is 0. The van der Waals surface area contributed by atoms with Crippen molar-refractivity contribution < 1.29 is 9.28 Å². The molecule has 2 aliphatic carbocycles. The number of piperazine rings is 1. The molecule has 1 N–H and O–H groups in total. The smallest absolute Gasteiger partial charge is 0.215 e. The van der Waals surface area contributed by atoms with Crippen LogP contribution in [0.5, 0.6) is 0 Å². The molecule has 3 unspecified atom stereocenters. The van der Waals surface area contributed by atoms with E-state index in [0.717, 1.165) is 42.4 Å². The van der Waals surface area contributed by atoms with Gasteiger partial charge in [0.2, 0.25) is 5.78 Å². The zero-order valence-corrected chi connectivity index (χ0v) is 14.1. The Morgan fingerprint density at radius 2 is 2.04 bits per heavy atom. The highest BCUT2D eigenvalue weighted by molar-refractivity contribution is 5.97. The molecule has 0 saturated carbocycles. The van der Waals surface area contributed by atoms with E-state index in [1.807, 2.05) is 6.08 Å². The molecule has 1 fully saturated rings. The number of allylic oxidation sites excluding steroid dienone is 8. The van der Waals surface area contributed by atoms with Crippen LogP contribution < -0.4 is 5.32 Å². The monoisotopic (exact) mass is 319 g/mol. The standard InChI is InChI=1S/C21H23N2O/c1-14-12-23-13-18-6-3-2-5-15(18)9-16-7-4-8-17(21(16)23)10-20(24)19(23)11-22-14/h2,4-5,8-10,13-14,19,22H,3,6-7,11-12H2,1H3/q+1. The second-order valence-electron chi connectivity index (χ2n) is 7.62. The van der Waals surface area contributed by atoms with Gasteiger partial charge in [-0.2, -0.15) is 0 Å². The Labute approximate surface area is 143 Å². The third-order valence-electron chi connectivity index (χ3n) is 6.01. The molecule has 0 aromatic carbocycles. The van der Waals surface area contributed by atoms with Gasteiger partial charge in [0.1, 0.15) is 18.4 Å². The van der Waals surface area contributed by atoms with E-state index in [9.17, 15) is 4.79 Å². The number of fused-ring (bicyclic) bond motifs is 1. The summed E-state index contributed by atoms with van der Waals surface area (Å²) >= 11 is 0. The first-order chi connectivity index (χ1) is 11.7. The number of carbonyl (C=O) groups is 1. The highest BCUT2D eigenvalue weighted by atomic mass is 16.1. The van der Waals surface area contributed by atoms with Crippen molar-refractivity contribution in [3.63, 3.8) is 0 Å². The Balaban J connectivity index is 1.82. The third-order valence-corrected chi connectivity index (χ3v) is 6.01. The van der Waals surface area contributed by atoms with Crippen LogP contribution >= 0.6 is 0 Å². The molecule has 0 radical (unpaired) electrons. The Morgan fingerprint density at radius 1 is 1.17 bits per heavy atom. The van der Waals surface area contributed by atoms with Gasteiger partial charge >= 0.3 is 0 Å². The number of nitrogens with zero attached hydrogens (tertiary/aromatic N) is 1. The van der Waals surface area contributed by atoms with Gasteiger partial charge in [0, 0.05) is 22.8 Å². The second kappa shape index (κ2) is 5.01. The maximum atomic E-state index is 12.9. The van der Waals surface area contributed by atoms with Gasteiger partial charge in [0.15, 0.2) is 6.04 Å². The first-order valence-electron chi connectivity index (χ1n) is 9.05. The summed E-state index contributed by atoms with van der Waals surface area (Å²) in [6.07, 6.45) is 18.7. The van der Waals surface area contributed by atoms with Crippen LogP contribution in [0.4, 0.5) is 0 Å². The van der Waals surface area contributed by atoms with E-state index in [0.29, 0.717) is 6.04 Å². The van der Waals surface area contributed by atoms with Crippen molar-refractivity contribution in [2.75, 3.05) is 13.1 Å². The van der Waals surface area contributed by atoms with Crippen molar-refractivity contribution in [2.24, 2.45) is 0 Å². The average Bonchev–Trinajstić information content (AvgIpc) is 2.69. The predicted molar refractivity (Wildman–Crippen MR) is 94.8 cm³/mol. The van der Waals surface area contributed by atoms with E-state index in [1.54, 1.807) is 0 Å². The van der Waals surface area contributed by atoms with Gasteiger partial charge in [-0.15, -0.1) is 0 Å². The van der Waals surface area contributed by atoms with Crippen LogP contribution in [0.3, 0.4) is 0 Å². The molecule has 3 heteroatoms. The fourth-order valence-electron chi connectivity index (χ4n) is 5.02. The molecule has 5 aliphatic rings. The number of hydrogen-bond donors (Lipinski definition) is 1. The fraction of sp³-hybridized carbons (Fsp3) is 0.381. The highest BCUT2D eigenvalue weighted by Gasteiger charge is 2.53. The van der Waals surface area contributed by atoms with E-state index < -0.39 is 0 Å². The summed E-state index contributed by atoms with van der Waals surface area (Å²) in [4.78, 5) is 12.9. The molecule has 3 aliphatic heterocycles. The maximum absolute atomic E-state index is 12.9. The van der Waals surface area contributed by atoms with Gasteiger partial charge in [-0.25, -0.2) is 0 Å². The summed E-state index contributed by atoms with van der Waals surface area (Å²) in [5.41, 5.74) is 6.65. The molecule has 5 rings (SSSR count). The van der Waals surface area contributed by atoms with Crippen LogP contribution in [0.15, 0.2) is 70.6 Å². The SMILES string of the molecule is CC1C[N+]23C=C4CCC=CC4=CC4=C2C(=CC(=O)C3CN1)C=CC4. The van der Waals surface area contributed by atoms with Crippen LogP contribution in [0.25, 0.3) is 0 Å². The molecule has 3 heterocycles. The van der Waals surface area contributed by atoms with E-state index >= 15 is 0 Å². The number of ketones is 1. The fourth-order valence-corrected chi connectivity index (χ4v) is 5.02. The molecule has 122 valence electrons. The van der Waals surface area contributed by atoms with E-state index in [1.165, 1.54) is 22.4 Å². The molecular formula is C21H23N2O+. The maximum Gasteiger partial charge on any atom is 0.215 e. The summed E-state index contributed by atoms with van der Waals surface area (Å²) in [5, 5.41) is 3.53. The minimum Gasteiger partial charge on any atom is -0.303 e. The average molecular weight is 319 g/mol. The Bertz CT molecular complexity index is 821. The van der Waals surface area contributed by atoms with Gasteiger partial charge in [0.25, 0.3) is 0 Å². The van der Waals surface area contributed by atoms with Crippen molar-refractivity contribution >= 4 is 5.78 Å². The normalized spacial score (nSPS) is 36.9. The van der Waals surface area contributed by atoms with E-state index in [2.05, 4.69) is 48.8 Å². The molecule has 1 saturated heterocycles. The molecule has 0 amide bonds. The summed E-state index contributed by atoms with van der Waals surface area (Å²) in [5.74, 6) is 0.269. The van der Waals surface area contributed by atoms with Gasteiger partial charge < -0.3 is 5.32 Å². The lowest BCUT2D eigenvalue weighted by atomic mass is 9.85. The van der Waals surface area contributed by atoms with E-state index in [-0.39, 0.29) is 11.8 Å². The van der Waals surface area contributed by atoms with Crippen molar-refractivity contribution in [3.8, 4) is 0 Å². The summed E-state index contributed by atoms with van der Waals surface area (Å²) in [6, 6.07) is 0.387. The predicted octanol–water partition coefficient (Wildman–Crippen LogP) is 3.06. The minimum atomic E-state index is -0.0207. The first-order valence-corrected chi connectivity index (χ1v) is 9.05. The lowest BCUT2D eigenvalue weighted by Crippen LogP contribution is -2.68. The topological polar surface area (TPSA) is 29.1 Å². The molecule has 0 bridgehead atoms. The van der Waals surface area contributed by atoms with Crippen molar-refractivity contribution in [1.29, 1.82) is 0 Å². The number of carbonyl (C=O) groups excluding carboxylic acids is 1. The molecule has 0 aromatic rings. The van der Waals surface area contributed by atoms with Gasteiger partial charge in [0.05, 0.1) is 12.6 Å². The number of hydrogen-bond acceptors (Lipinski definition) is 2. The zero-order valence-electron chi connectivity index (χ0n) is 14.1. The van der Waals surface area contributed by atoms with Gasteiger partial charge in [-0.3, -0.25) is 9.28 Å². The minimum absolute atomic E-state index is 0.0207. The Kier molecular flexibility index (Phi) is 3.00. The summed E-state index contributed by atoms with van der Waals surface area (Å²) in [6.45, 7) is 3.96. The Morgan fingerprint density at radius 3 is 2.96 bits per heavy atom. The lowest BCUT2D eigenvalue weighted by molar-refractivity contribution is -0.862. The molecule has 3 nitrogen and oxygen atoms in total. The van der Waals surface area contributed by atoms with E-state index in [4.69, 9.17) is 0 Å². The molecule has 3 atom stereocenters. The molecule has 1 spiro atoms. The number of nitrogens with one attached hydrogen (secondary N) is 1. The molecule has 24 heavy (non-hydrogen) atoms. The molecular weight excluding hydrogens is 296 g/mol. The van der Waals surface area contributed by atoms with Crippen molar-refractivity contribution in [3.05, 3.63) is 70.6 Å². The lowest BCUT2D eigenvalue weighted by Gasteiger charge is -2.50. The van der Waals surface area contributed by atoms with Crippen molar-refractivity contribution in [1.82, 2.24) is 5.32 Å². The van der Waals surface area contributed by atoms with Crippen LogP contribution in [0.1, 0.15) is 26.2 Å². The zero-order chi connectivity index (χ0) is 16.3. The largest absolute Gasteiger partial charge is 0.303 e. The van der Waals surface area contributed by atoms with Crippen LogP contribution in [-0.4, -0.2) is 35.4 Å². The van der Waals surface area contributed by atoms with Crippen LogP contribution in [0, 0.1) is 0 Å². The van der Waals surface area contributed by atoms with Gasteiger partial charge in [-0.05, 0) is 37.8 Å². The Hall–Kier alpha value is -1.97. The molecule has 0 aromatic heterocycles. The third kappa shape index (κ3) is 1.89. The highest BCUT2D eigenvalue weighted by Crippen LogP contribution is 2.45. The van der Waals surface area contributed by atoms with Crippen LogP contribution in [0.2, 0.25) is 0 Å². The second-order valence-corrected chi connectivity index (χ2v) is 7.62. The van der Waals surface area contributed by atoms with Crippen LogP contribution in [-0.2, 0) is 4.79 Å². The first kappa shape index (κ1) is 14.4. The number of quaternary nitrogens is 1. The summed E-state index contributed by atoms with van der Waals surface area (Å²) < 4.78 is 0.724.